The minimum atomic E-state index is -4.31. The predicted octanol–water partition coefficient (Wildman–Crippen LogP) is 4.74. The first-order chi connectivity index (χ1) is 10.5. The minimum absolute atomic E-state index is 0. The molecule has 0 spiro atoms. The molecule has 1 atom stereocenters. The van der Waals surface area contributed by atoms with E-state index < -0.39 is 11.7 Å². The first-order valence-corrected chi connectivity index (χ1v) is 8.26. The van der Waals surface area contributed by atoms with Gasteiger partial charge < -0.3 is 10.2 Å². The summed E-state index contributed by atoms with van der Waals surface area (Å²) < 4.78 is 39.0. The first kappa shape index (κ1) is 21.3. The average Bonchev–Trinajstić information content (AvgIpc) is 2.90. The SMILES string of the molecule is CCC[C@@H]1CNCCN1c1nc2ccc(C(F)(F)F)cc2s1.Cl.Cl. The molecule has 1 aliphatic heterocycles. The van der Waals surface area contributed by atoms with Crippen LogP contribution in [-0.2, 0) is 6.18 Å². The lowest BCUT2D eigenvalue weighted by atomic mass is 10.1. The van der Waals surface area contributed by atoms with Crippen molar-refractivity contribution >= 4 is 51.5 Å². The second-order valence-electron chi connectivity index (χ2n) is 5.52. The molecule has 1 fully saturated rings. The third kappa shape index (κ3) is 4.45. The number of benzene rings is 1. The van der Waals surface area contributed by atoms with Crippen LogP contribution in [0.1, 0.15) is 25.3 Å². The van der Waals surface area contributed by atoms with Crippen LogP contribution in [0.5, 0.6) is 0 Å². The van der Waals surface area contributed by atoms with E-state index in [0.29, 0.717) is 16.3 Å². The Morgan fingerprint density at radius 1 is 1.33 bits per heavy atom. The number of halogens is 5. The van der Waals surface area contributed by atoms with E-state index in [-0.39, 0.29) is 24.8 Å². The molecule has 0 radical (unpaired) electrons. The molecule has 0 aliphatic carbocycles. The van der Waals surface area contributed by atoms with E-state index in [4.69, 9.17) is 0 Å². The highest BCUT2D eigenvalue weighted by Gasteiger charge is 2.31. The Kier molecular flexibility index (Phi) is 7.59. The fraction of sp³-hybridized carbons (Fsp3) is 0.533. The van der Waals surface area contributed by atoms with Crippen molar-refractivity contribution in [2.45, 2.75) is 32.0 Å². The highest BCUT2D eigenvalue weighted by atomic mass is 35.5. The van der Waals surface area contributed by atoms with E-state index in [2.05, 4.69) is 22.1 Å². The van der Waals surface area contributed by atoms with Crippen LogP contribution >= 0.6 is 36.2 Å². The lowest BCUT2D eigenvalue weighted by Crippen LogP contribution is -2.51. The van der Waals surface area contributed by atoms with Gasteiger partial charge in [0.05, 0.1) is 15.8 Å². The lowest BCUT2D eigenvalue weighted by Gasteiger charge is -2.36. The molecule has 3 nitrogen and oxygen atoms in total. The number of fused-ring (bicyclic) bond motifs is 1. The summed E-state index contributed by atoms with van der Waals surface area (Å²) >= 11 is 1.35. The van der Waals surface area contributed by atoms with Gasteiger partial charge in [0.2, 0.25) is 0 Å². The van der Waals surface area contributed by atoms with Crippen LogP contribution in [0.25, 0.3) is 10.2 Å². The second kappa shape index (κ2) is 8.56. The molecule has 1 aromatic carbocycles. The number of hydrogen-bond acceptors (Lipinski definition) is 4. The molecule has 3 rings (SSSR count). The van der Waals surface area contributed by atoms with Crippen LogP contribution in [0.2, 0.25) is 0 Å². The number of nitrogens with one attached hydrogen (secondary N) is 1. The van der Waals surface area contributed by atoms with E-state index in [0.717, 1.165) is 43.7 Å². The summed E-state index contributed by atoms with van der Waals surface area (Å²) in [5.74, 6) is 0. The zero-order chi connectivity index (χ0) is 15.7. The average molecular weight is 402 g/mol. The Morgan fingerprint density at radius 2 is 2.08 bits per heavy atom. The van der Waals surface area contributed by atoms with Crippen LogP contribution in [-0.4, -0.2) is 30.7 Å². The zero-order valence-electron chi connectivity index (χ0n) is 13.1. The van der Waals surface area contributed by atoms with Crippen LogP contribution in [0.15, 0.2) is 18.2 Å². The number of aromatic nitrogens is 1. The predicted molar refractivity (Wildman–Crippen MR) is 98.0 cm³/mol. The van der Waals surface area contributed by atoms with Crippen molar-refractivity contribution in [3.05, 3.63) is 23.8 Å². The Hall–Kier alpha value is -0.760. The highest BCUT2D eigenvalue weighted by Crippen LogP contribution is 2.36. The third-order valence-corrected chi connectivity index (χ3v) is 4.98. The van der Waals surface area contributed by atoms with Gasteiger partial charge in [-0.05, 0) is 24.6 Å². The summed E-state index contributed by atoms with van der Waals surface area (Å²) in [7, 11) is 0. The molecule has 1 N–H and O–H groups in total. The van der Waals surface area contributed by atoms with Gasteiger partial charge in [0, 0.05) is 25.7 Å². The zero-order valence-corrected chi connectivity index (χ0v) is 15.5. The quantitative estimate of drug-likeness (QED) is 0.804. The number of hydrogen-bond donors (Lipinski definition) is 1. The van der Waals surface area contributed by atoms with Crippen molar-refractivity contribution in [1.82, 2.24) is 10.3 Å². The van der Waals surface area contributed by atoms with E-state index in [9.17, 15) is 13.2 Å². The van der Waals surface area contributed by atoms with E-state index in [1.807, 2.05) is 0 Å². The molecule has 24 heavy (non-hydrogen) atoms. The maximum atomic E-state index is 12.8. The lowest BCUT2D eigenvalue weighted by molar-refractivity contribution is -0.137. The third-order valence-electron chi connectivity index (χ3n) is 3.92. The maximum Gasteiger partial charge on any atom is 0.416 e. The fourth-order valence-corrected chi connectivity index (χ4v) is 3.92. The Balaban J connectivity index is 0.00000144. The molecular formula is C15H20Cl2F3N3S. The van der Waals surface area contributed by atoms with Gasteiger partial charge in [-0.25, -0.2) is 4.98 Å². The number of thiazole rings is 1. The molecule has 9 heteroatoms. The largest absolute Gasteiger partial charge is 0.416 e. The monoisotopic (exact) mass is 401 g/mol. The summed E-state index contributed by atoms with van der Waals surface area (Å²) in [4.78, 5) is 6.78. The molecular weight excluding hydrogens is 382 g/mol. The van der Waals surface area contributed by atoms with Crippen LogP contribution < -0.4 is 10.2 Å². The van der Waals surface area contributed by atoms with E-state index >= 15 is 0 Å². The molecule has 136 valence electrons. The Labute approximate surface area is 155 Å². The summed E-state index contributed by atoms with van der Waals surface area (Å²) in [6, 6.07) is 4.14. The van der Waals surface area contributed by atoms with Gasteiger partial charge >= 0.3 is 6.18 Å². The summed E-state index contributed by atoms with van der Waals surface area (Å²) in [5, 5.41) is 4.20. The highest BCUT2D eigenvalue weighted by molar-refractivity contribution is 7.22. The van der Waals surface area contributed by atoms with Gasteiger partial charge in [-0.2, -0.15) is 13.2 Å². The molecule has 1 aliphatic rings. The topological polar surface area (TPSA) is 28.2 Å². The van der Waals surface area contributed by atoms with Crippen molar-refractivity contribution in [2.24, 2.45) is 0 Å². The summed E-state index contributed by atoms with van der Waals surface area (Å²) in [5.41, 5.74) is 0.0300. The smallest absolute Gasteiger partial charge is 0.343 e. The standard InChI is InChI=1S/C15H18F3N3S.2ClH/c1-2-3-11-9-19-6-7-21(11)14-20-12-5-4-10(15(16,17)18)8-13(12)22-14;;/h4-5,8,11,19H,2-3,6-7,9H2,1H3;2*1H/t11-;;/m1../s1. The Morgan fingerprint density at radius 3 is 2.75 bits per heavy atom. The summed E-state index contributed by atoms with van der Waals surface area (Å²) in [6.45, 7) is 4.76. The van der Waals surface area contributed by atoms with Crippen molar-refractivity contribution in [3.63, 3.8) is 0 Å². The molecule has 0 unspecified atom stereocenters. The fourth-order valence-electron chi connectivity index (χ4n) is 2.82. The van der Waals surface area contributed by atoms with Gasteiger partial charge in [-0.15, -0.1) is 24.8 Å². The minimum Gasteiger partial charge on any atom is -0.343 e. The van der Waals surface area contributed by atoms with Crippen molar-refractivity contribution in [1.29, 1.82) is 0 Å². The maximum absolute atomic E-state index is 12.8. The van der Waals surface area contributed by atoms with Crippen LogP contribution in [0.4, 0.5) is 18.3 Å². The number of alkyl halides is 3. The van der Waals surface area contributed by atoms with Crippen molar-refractivity contribution in [2.75, 3.05) is 24.5 Å². The molecule has 1 aromatic heterocycles. The van der Waals surface area contributed by atoms with Gasteiger partial charge in [0.25, 0.3) is 0 Å². The van der Waals surface area contributed by atoms with Gasteiger partial charge in [-0.3, -0.25) is 0 Å². The first-order valence-electron chi connectivity index (χ1n) is 7.44. The molecule has 0 amide bonds. The Bertz CT molecular complexity index is 661. The van der Waals surface area contributed by atoms with Crippen LogP contribution in [0, 0.1) is 0 Å². The number of piperazine rings is 1. The van der Waals surface area contributed by atoms with Crippen LogP contribution in [0.3, 0.4) is 0 Å². The van der Waals surface area contributed by atoms with Gasteiger partial charge in [0.15, 0.2) is 5.13 Å². The molecule has 1 saturated heterocycles. The van der Waals surface area contributed by atoms with Crippen molar-refractivity contribution < 1.29 is 13.2 Å². The van der Waals surface area contributed by atoms with E-state index in [1.54, 1.807) is 0 Å². The summed E-state index contributed by atoms with van der Waals surface area (Å²) in [6.07, 6.45) is -2.18. The normalized spacial score (nSPS) is 18.2. The number of nitrogens with zero attached hydrogens (tertiary/aromatic N) is 2. The van der Waals surface area contributed by atoms with Crippen molar-refractivity contribution in [3.8, 4) is 0 Å². The van der Waals surface area contributed by atoms with E-state index in [1.165, 1.54) is 23.5 Å². The molecule has 2 aromatic rings. The molecule has 2 heterocycles. The molecule has 0 bridgehead atoms. The van der Waals surface area contributed by atoms with Gasteiger partial charge in [-0.1, -0.05) is 24.7 Å². The number of rotatable bonds is 3. The second-order valence-corrected chi connectivity index (χ2v) is 6.53. The van der Waals surface area contributed by atoms with Gasteiger partial charge in [0.1, 0.15) is 0 Å². The number of anilines is 1. The molecule has 0 saturated carbocycles.